The van der Waals surface area contributed by atoms with Gasteiger partial charge in [0.25, 0.3) is 0 Å². The zero-order valence-corrected chi connectivity index (χ0v) is 10.8. The number of hydrogen-bond donors (Lipinski definition) is 1. The molecule has 0 radical (unpaired) electrons. The molecule has 1 heterocycles. The van der Waals surface area contributed by atoms with Crippen LogP contribution in [0.25, 0.3) is 0 Å². The number of rotatable bonds is 6. The summed E-state index contributed by atoms with van der Waals surface area (Å²) in [5.74, 6) is 0.898. The Kier molecular flexibility index (Phi) is 5.22. The lowest BCUT2D eigenvalue weighted by Crippen LogP contribution is -2.52. The minimum Gasteiger partial charge on any atom is -0.383 e. The van der Waals surface area contributed by atoms with Crippen molar-refractivity contribution >= 4 is 5.91 Å². The average Bonchev–Trinajstić information content (AvgIpc) is 2.16. The molecule has 1 aliphatic rings. The van der Waals surface area contributed by atoms with Gasteiger partial charge in [-0.05, 0) is 32.9 Å². The van der Waals surface area contributed by atoms with E-state index in [-0.39, 0.29) is 17.9 Å². The fraction of sp³-hybridized carbons (Fsp3) is 0.917. The van der Waals surface area contributed by atoms with Crippen LogP contribution in [0.4, 0.5) is 0 Å². The number of carbonyl (C=O) groups excluding carboxylic acids is 1. The number of amides is 1. The molecule has 1 N–H and O–H groups in total. The van der Waals surface area contributed by atoms with Crippen LogP contribution >= 0.6 is 0 Å². The van der Waals surface area contributed by atoms with Gasteiger partial charge in [0, 0.05) is 19.6 Å². The molecule has 0 aromatic heterocycles. The second kappa shape index (κ2) is 6.21. The van der Waals surface area contributed by atoms with Crippen LogP contribution in [0.5, 0.6) is 0 Å². The van der Waals surface area contributed by atoms with Crippen LogP contribution in [0.3, 0.4) is 0 Å². The van der Waals surface area contributed by atoms with E-state index >= 15 is 0 Å². The van der Waals surface area contributed by atoms with E-state index < -0.39 is 0 Å². The van der Waals surface area contributed by atoms with Gasteiger partial charge in [-0.25, -0.2) is 0 Å². The molecule has 4 heteroatoms. The van der Waals surface area contributed by atoms with E-state index in [0.29, 0.717) is 12.5 Å². The fourth-order valence-electron chi connectivity index (χ4n) is 2.14. The van der Waals surface area contributed by atoms with Crippen molar-refractivity contribution in [3.63, 3.8) is 0 Å². The summed E-state index contributed by atoms with van der Waals surface area (Å²) in [6.45, 7) is 9.41. The van der Waals surface area contributed by atoms with E-state index in [0.717, 1.165) is 19.6 Å². The van der Waals surface area contributed by atoms with Gasteiger partial charge >= 0.3 is 0 Å². The summed E-state index contributed by atoms with van der Waals surface area (Å²) in [6.07, 6.45) is 0. The molecular weight excluding hydrogens is 204 g/mol. The van der Waals surface area contributed by atoms with Crippen LogP contribution in [0.1, 0.15) is 20.8 Å². The zero-order chi connectivity index (χ0) is 12.1. The molecule has 0 bridgehead atoms. The SMILES string of the molecule is CCN(C(=O)C(C)C1CNC1)C(C)COC. The standard InChI is InChI=1S/C12H24N2O2/c1-5-14(9(2)8-16-4)12(15)10(3)11-6-13-7-11/h9-11,13H,5-8H2,1-4H3. The molecule has 4 nitrogen and oxygen atoms in total. The van der Waals surface area contributed by atoms with Gasteiger partial charge in [0.05, 0.1) is 12.6 Å². The highest BCUT2D eigenvalue weighted by molar-refractivity contribution is 5.79. The molecule has 2 unspecified atom stereocenters. The fourth-order valence-corrected chi connectivity index (χ4v) is 2.14. The molecule has 0 spiro atoms. The van der Waals surface area contributed by atoms with Crippen LogP contribution in [0, 0.1) is 11.8 Å². The highest BCUT2D eigenvalue weighted by Crippen LogP contribution is 2.19. The van der Waals surface area contributed by atoms with Crippen molar-refractivity contribution in [3.8, 4) is 0 Å². The lowest BCUT2D eigenvalue weighted by molar-refractivity contribution is -0.140. The Morgan fingerprint density at radius 1 is 1.50 bits per heavy atom. The summed E-state index contributed by atoms with van der Waals surface area (Å²) in [6, 6.07) is 0.165. The van der Waals surface area contributed by atoms with E-state index in [1.807, 2.05) is 25.7 Å². The van der Waals surface area contributed by atoms with Crippen LogP contribution < -0.4 is 5.32 Å². The first-order valence-corrected chi connectivity index (χ1v) is 6.11. The van der Waals surface area contributed by atoms with Crippen LogP contribution in [-0.4, -0.2) is 50.2 Å². The smallest absolute Gasteiger partial charge is 0.226 e. The van der Waals surface area contributed by atoms with Gasteiger partial charge in [-0.3, -0.25) is 4.79 Å². The molecule has 1 fully saturated rings. The van der Waals surface area contributed by atoms with E-state index in [1.165, 1.54) is 0 Å². The molecule has 1 amide bonds. The summed E-state index contributed by atoms with van der Waals surface area (Å²) >= 11 is 0. The molecule has 1 aliphatic heterocycles. The molecule has 0 aromatic carbocycles. The van der Waals surface area contributed by atoms with Crippen molar-refractivity contribution in [3.05, 3.63) is 0 Å². The third-order valence-corrected chi connectivity index (χ3v) is 3.47. The number of carbonyl (C=O) groups is 1. The van der Waals surface area contributed by atoms with E-state index in [2.05, 4.69) is 5.32 Å². The first-order valence-electron chi connectivity index (χ1n) is 6.11. The maximum absolute atomic E-state index is 12.3. The second-order valence-corrected chi connectivity index (χ2v) is 4.64. The van der Waals surface area contributed by atoms with Gasteiger partial charge in [-0.15, -0.1) is 0 Å². The number of nitrogens with zero attached hydrogens (tertiary/aromatic N) is 1. The molecule has 94 valence electrons. The van der Waals surface area contributed by atoms with Crippen LogP contribution in [-0.2, 0) is 9.53 Å². The van der Waals surface area contributed by atoms with Crippen LogP contribution in [0.2, 0.25) is 0 Å². The number of nitrogens with one attached hydrogen (secondary N) is 1. The second-order valence-electron chi connectivity index (χ2n) is 4.64. The summed E-state index contributed by atoms with van der Waals surface area (Å²) in [4.78, 5) is 14.2. The van der Waals surface area contributed by atoms with E-state index in [4.69, 9.17) is 4.74 Å². The first-order chi connectivity index (χ1) is 7.61. The molecule has 16 heavy (non-hydrogen) atoms. The van der Waals surface area contributed by atoms with Gasteiger partial charge < -0.3 is 15.0 Å². The van der Waals surface area contributed by atoms with E-state index in [9.17, 15) is 4.79 Å². The third-order valence-electron chi connectivity index (χ3n) is 3.47. The van der Waals surface area contributed by atoms with Gasteiger partial charge in [-0.2, -0.15) is 0 Å². The molecule has 0 aliphatic carbocycles. The normalized spacial score (nSPS) is 20.0. The van der Waals surface area contributed by atoms with Gasteiger partial charge in [0.15, 0.2) is 0 Å². The lowest BCUT2D eigenvalue weighted by atomic mass is 9.87. The van der Waals surface area contributed by atoms with Gasteiger partial charge in [-0.1, -0.05) is 6.92 Å². The number of likely N-dealkylation sites (N-methyl/N-ethyl adjacent to an activating group) is 1. The molecular formula is C12H24N2O2. The monoisotopic (exact) mass is 228 g/mol. The van der Waals surface area contributed by atoms with Crippen molar-refractivity contribution in [2.75, 3.05) is 33.4 Å². The van der Waals surface area contributed by atoms with Gasteiger partial charge in [0.2, 0.25) is 5.91 Å². The number of methoxy groups -OCH3 is 1. The molecule has 2 atom stereocenters. The van der Waals surface area contributed by atoms with Crippen molar-refractivity contribution in [1.29, 1.82) is 0 Å². The average molecular weight is 228 g/mol. The largest absolute Gasteiger partial charge is 0.383 e. The predicted molar refractivity (Wildman–Crippen MR) is 64.2 cm³/mol. The Hall–Kier alpha value is -0.610. The summed E-state index contributed by atoms with van der Waals surface area (Å²) < 4.78 is 5.11. The Balaban J connectivity index is 2.53. The Morgan fingerprint density at radius 3 is 2.50 bits per heavy atom. The summed E-state index contributed by atoms with van der Waals surface area (Å²) in [5.41, 5.74) is 0. The van der Waals surface area contributed by atoms with Crippen LogP contribution in [0.15, 0.2) is 0 Å². The Labute approximate surface area is 98.3 Å². The first kappa shape index (κ1) is 13.5. The van der Waals surface area contributed by atoms with Crippen molar-refractivity contribution in [2.24, 2.45) is 11.8 Å². The minimum absolute atomic E-state index is 0.125. The lowest BCUT2D eigenvalue weighted by Gasteiger charge is -2.36. The van der Waals surface area contributed by atoms with Gasteiger partial charge in [0.1, 0.15) is 0 Å². The quantitative estimate of drug-likeness (QED) is 0.728. The molecule has 0 aromatic rings. The Bertz CT molecular complexity index is 229. The zero-order valence-electron chi connectivity index (χ0n) is 10.8. The highest BCUT2D eigenvalue weighted by Gasteiger charge is 2.32. The highest BCUT2D eigenvalue weighted by atomic mass is 16.5. The molecule has 1 rings (SSSR count). The third kappa shape index (κ3) is 2.95. The summed E-state index contributed by atoms with van der Waals surface area (Å²) in [7, 11) is 1.67. The predicted octanol–water partition coefficient (Wildman–Crippen LogP) is 0.725. The topological polar surface area (TPSA) is 41.6 Å². The summed E-state index contributed by atoms with van der Waals surface area (Å²) in [5, 5.41) is 3.21. The van der Waals surface area contributed by atoms with Crippen molar-refractivity contribution < 1.29 is 9.53 Å². The maximum Gasteiger partial charge on any atom is 0.226 e. The van der Waals surface area contributed by atoms with E-state index in [1.54, 1.807) is 7.11 Å². The maximum atomic E-state index is 12.3. The Morgan fingerprint density at radius 2 is 2.12 bits per heavy atom. The minimum atomic E-state index is 0.125. The van der Waals surface area contributed by atoms with Crippen molar-refractivity contribution in [2.45, 2.75) is 26.8 Å². The number of hydrogen-bond acceptors (Lipinski definition) is 3. The number of ether oxygens (including phenoxy) is 1. The van der Waals surface area contributed by atoms with Crippen molar-refractivity contribution in [1.82, 2.24) is 10.2 Å². The molecule has 1 saturated heterocycles. The molecule has 0 saturated carbocycles.